The molecule has 1 fully saturated rings. The first kappa shape index (κ1) is 12.5. The lowest BCUT2D eigenvalue weighted by molar-refractivity contribution is 0.0618. The van der Waals surface area contributed by atoms with Crippen LogP contribution in [-0.2, 0) is 6.54 Å². The summed E-state index contributed by atoms with van der Waals surface area (Å²) < 4.78 is 0.796. The van der Waals surface area contributed by atoms with Crippen LogP contribution >= 0.6 is 15.9 Å². The van der Waals surface area contributed by atoms with Crippen molar-refractivity contribution in [1.82, 2.24) is 5.32 Å². The number of nitrogens with one attached hydrogen (secondary N) is 1. The first-order valence-electron chi connectivity index (χ1n) is 5.49. The number of aliphatic hydroxyl groups excluding tert-OH is 1. The van der Waals surface area contributed by atoms with Gasteiger partial charge in [-0.25, -0.2) is 4.79 Å². The Kier molecular flexibility index (Phi) is 3.81. The molecule has 0 amide bonds. The van der Waals surface area contributed by atoms with Gasteiger partial charge < -0.3 is 15.5 Å². The van der Waals surface area contributed by atoms with E-state index < -0.39 is 5.97 Å². The van der Waals surface area contributed by atoms with E-state index in [2.05, 4.69) is 21.2 Å². The highest BCUT2D eigenvalue weighted by molar-refractivity contribution is 9.10. The van der Waals surface area contributed by atoms with Crippen molar-refractivity contribution in [3.8, 4) is 0 Å². The third-order valence-electron chi connectivity index (χ3n) is 2.99. The fourth-order valence-corrected chi connectivity index (χ4v) is 2.35. The highest BCUT2D eigenvalue weighted by Gasteiger charge is 2.26. The molecule has 0 radical (unpaired) electrons. The summed E-state index contributed by atoms with van der Waals surface area (Å²) in [6, 6.07) is 5.38. The van der Waals surface area contributed by atoms with Crippen LogP contribution in [0.15, 0.2) is 22.7 Å². The Morgan fingerprint density at radius 1 is 1.47 bits per heavy atom. The smallest absolute Gasteiger partial charge is 0.335 e. The number of hydrogen-bond acceptors (Lipinski definition) is 3. The Labute approximate surface area is 108 Å². The minimum atomic E-state index is -0.924. The van der Waals surface area contributed by atoms with Gasteiger partial charge in [-0.3, -0.25) is 0 Å². The number of carbonyl (C=O) groups is 1. The number of carboxylic acids is 1. The molecule has 17 heavy (non-hydrogen) atoms. The average molecular weight is 300 g/mol. The maximum absolute atomic E-state index is 10.8. The number of hydrogen-bond donors (Lipinski definition) is 3. The standard InChI is InChI=1S/C12H14BrNO3/c13-11-3-7(12(16)17)1-2-8(11)6-14-9-4-10(15)5-9/h1-3,9-10,14-15H,4-6H2,(H,16,17). The predicted molar refractivity (Wildman–Crippen MR) is 67.0 cm³/mol. The molecule has 92 valence electrons. The monoisotopic (exact) mass is 299 g/mol. The minimum absolute atomic E-state index is 0.162. The fourth-order valence-electron chi connectivity index (χ4n) is 1.83. The van der Waals surface area contributed by atoms with Crippen LogP contribution < -0.4 is 5.32 Å². The summed E-state index contributed by atoms with van der Waals surface area (Å²) >= 11 is 3.36. The summed E-state index contributed by atoms with van der Waals surface area (Å²) in [5.41, 5.74) is 1.30. The summed E-state index contributed by atoms with van der Waals surface area (Å²) in [7, 11) is 0. The van der Waals surface area contributed by atoms with E-state index in [4.69, 9.17) is 10.2 Å². The first-order chi connectivity index (χ1) is 8.06. The van der Waals surface area contributed by atoms with Gasteiger partial charge in [0.05, 0.1) is 11.7 Å². The summed E-state index contributed by atoms with van der Waals surface area (Å²) in [5.74, 6) is -0.924. The first-order valence-corrected chi connectivity index (χ1v) is 6.28. The van der Waals surface area contributed by atoms with Crippen LogP contribution in [-0.4, -0.2) is 28.3 Å². The summed E-state index contributed by atoms with van der Waals surface area (Å²) in [5, 5.41) is 21.3. The molecule has 1 aromatic rings. The normalized spacial score (nSPS) is 23.2. The van der Waals surface area contributed by atoms with E-state index in [1.165, 1.54) is 0 Å². The van der Waals surface area contributed by atoms with Gasteiger partial charge in [-0.2, -0.15) is 0 Å². The van der Waals surface area contributed by atoms with Crippen LogP contribution in [0.3, 0.4) is 0 Å². The molecule has 5 heteroatoms. The number of aromatic carboxylic acids is 1. The maximum atomic E-state index is 10.8. The van der Waals surface area contributed by atoms with Crippen molar-refractivity contribution >= 4 is 21.9 Å². The van der Waals surface area contributed by atoms with Gasteiger partial charge in [0.2, 0.25) is 0 Å². The molecule has 4 nitrogen and oxygen atoms in total. The highest BCUT2D eigenvalue weighted by atomic mass is 79.9. The van der Waals surface area contributed by atoms with Gasteiger partial charge in [-0.15, -0.1) is 0 Å². The van der Waals surface area contributed by atoms with Gasteiger partial charge in [0, 0.05) is 17.1 Å². The van der Waals surface area contributed by atoms with E-state index in [9.17, 15) is 4.79 Å². The molecule has 0 bridgehead atoms. The molecule has 0 heterocycles. The van der Waals surface area contributed by atoms with Crippen molar-refractivity contribution in [1.29, 1.82) is 0 Å². The van der Waals surface area contributed by atoms with Crippen molar-refractivity contribution in [3.63, 3.8) is 0 Å². The van der Waals surface area contributed by atoms with Crippen molar-refractivity contribution in [2.75, 3.05) is 0 Å². The van der Waals surface area contributed by atoms with E-state index in [1.807, 2.05) is 0 Å². The summed E-state index contributed by atoms with van der Waals surface area (Å²) in [4.78, 5) is 10.8. The number of aliphatic hydroxyl groups is 1. The molecule has 3 N–H and O–H groups in total. The third-order valence-corrected chi connectivity index (χ3v) is 3.73. The molecule has 1 aromatic carbocycles. The molecule has 1 aliphatic carbocycles. The molecule has 0 unspecified atom stereocenters. The van der Waals surface area contributed by atoms with Crippen molar-refractivity contribution < 1.29 is 15.0 Å². The van der Waals surface area contributed by atoms with Crippen LogP contribution in [0.2, 0.25) is 0 Å². The van der Waals surface area contributed by atoms with E-state index in [0.717, 1.165) is 22.9 Å². The molecule has 0 aliphatic heterocycles. The second-order valence-corrected chi connectivity index (χ2v) is 5.17. The van der Waals surface area contributed by atoms with Crippen LogP contribution in [0.1, 0.15) is 28.8 Å². The molecule has 1 saturated carbocycles. The molecule has 0 aromatic heterocycles. The number of halogens is 1. The van der Waals surface area contributed by atoms with Crippen LogP contribution in [0, 0.1) is 0 Å². The van der Waals surface area contributed by atoms with E-state index in [0.29, 0.717) is 12.6 Å². The van der Waals surface area contributed by atoms with Gasteiger partial charge >= 0.3 is 5.97 Å². The SMILES string of the molecule is O=C(O)c1ccc(CNC2CC(O)C2)c(Br)c1. The Balaban J connectivity index is 1.94. The Bertz CT molecular complexity index is 430. The van der Waals surface area contributed by atoms with Crippen molar-refractivity contribution in [2.45, 2.75) is 31.5 Å². The van der Waals surface area contributed by atoms with Crippen LogP contribution in [0.4, 0.5) is 0 Å². The zero-order chi connectivity index (χ0) is 12.4. The van der Waals surface area contributed by atoms with Crippen molar-refractivity contribution in [3.05, 3.63) is 33.8 Å². The lowest BCUT2D eigenvalue weighted by atomic mass is 9.89. The quantitative estimate of drug-likeness (QED) is 0.792. The fraction of sp³-hybridized carbons (Fsp3) is 0.417. The lowest BCUT2D eigenvalue weighted by Crippen LogP contribution is -2.43. The van der Waals surface area contributed by atoms with Gasteiger partial charge in [0.15, 0.2) is 0 Å². The third kappa shape index (κ3) is 3.06. The molecule has 0 spiro atoms. The molecular weight excluding hydrogens is 286 g/mol. The van der Waals surface area contributed by atoms with Gasteiger partial charge in [0.1, 0.15) is 0 Å². The summed E-state index contributed by atoms with van der Waals surface area (Å²) in [6.45, 7) is 0.678. The molecular formula is C12H14BrNO3. The van der Waals surface area contributed by atoms with E-state index in [1.54, 1.807) is 18.2 Å². The predicted octanol–water partition coefficient (Wildman–Crippen LogP) is 1.76. The second kappa shape index (κ2) is 5.16. The Hall–Kier alpha value is -0.910. The Morgan fingerprint density at radius 2 is 2.18 bits per heavy atom. The maximum Gasteiger partial charge on any atom is 0.335 e. The molecule has 0 atom stereocenters. The van der Waals surface area contributed by atoms with E-state index in [-0.39, 0.29) is 11.7 Å². The minimum Gasteiger partial charge on any atom is -0.478 e. The lowest BCUT2D eigenvalue weighted by Gasteiger charge is -2.32. The Morgan fingerprint density at radius 3 is 2.71 bits per heavy atom. The number of carboxylic acid groups (broad SMARTS) is 1. The zero-order valence-electron chi connectivity index (χ0n) is 9.19. The van der Waals surface area contributed by atoms with Gasteiger partial charge in [-0.1, -0.05) is 22.0 Å². The number of benzene rings is 1. The van der Waals surface area contributed by atoms with Crippen LogP contribution in [0.25, 0.3) is 0 Å². The average Bonchev–Trinajstić information content (AvgIpc) is 2.24. The van der Waals surface area contributed by atoms with E-state index >= 15 is 0 Å². The van der Waals surface area contributed by atoms with Crippen LogP contribution in [0.5, 0.6) is 0 Å². The zero-order valence-corrected chi connectivity index (χ0v) is 10.8. The number of rotatable bonds is 4. The molecule has 2 rings (SSSR count). The highest BCUT2D eigenvalue weighted by Crippen LogP contribution is 2.22. The van der Waals surface area contributed by atoms with Gasteiger partial charge in [-0.05, 0) is 30.5 Å². The largest absolute Gasteiger partial charge is 0.478 e. The molecule has 0 saturated heterocycles. The van der Waals surface area contributed by atoms with Crippen molar-refractivity contribution in [2.24, 2.45) is 0 Å². The topological polar surface area (TPSA) is 69.6 Å². The second-order valence-electron chi connectivity index (χ2n) is 4.31. The molecule has 1 aliphatic rings. The van der Waals surface area contributed by atoms with Gasteiger partial charge in [0.25, 0.3) is 0 Å². The summed E-state index contributed by atoms with van der Waals surface area (Å²) in [6.07, 6.45) is 1.43.